The van der Waals surface area contributed by atoms with Gasteiger partial charge in [-0.2, -0.15) is 0 Å². The van der Waals surface area contributed by atoms with Crippen molar-refractivity contribution in [1.82, 2.24) is 14.7 Å². The number of hydrogen-bond acceptors (Lipinski definition) is 4. The number of likely N-dealkylation sites (tertiary alicyclic amines) is 1. The van der Waals surface area contributed by atoms with Gasteiger partial charge in [0.15, 0.2) is 0 Å². The number of piperazine rings is 1. The highest BCUT2D eigenvalue weighted by atomic mass is 16.2. The maximum Gasteiger partial charge on any atom is 0.246 e. The van der Waals surface area contributed by atoms with Crippen molar-refractivity contribution in [3.63, 3.8) is 0 Å². The summed E-state index contributed by atoms with van der Waals surface area (Å²) in [5.41, 5.74) is 1.01. The fourth-order valence-corrected chi connectivity index (χ4v) is 5.45. The van der Waals surface area contributed by atoms with E-state index >= 15 is 0 Å². The van der Waals surface area contributed by atoms with Gasteiger partial charge in [-0.1, -0.05) is 42.5 Å². The van der Waals surface area contributed by atoms with E-state index in [1.165, 1.54) is 4.90 Å². The van der Waals surface area contributed by atoms with E-state index in [9.17, 15) is 14.4 Å². The molecule has 2 aliphatic heterocycles. The Morgan fingerprint density at radius 2 is 1.53 bits per heavy atom. The monoisotopic (exact) mass is 405 g/mol. The third-order valence-electron chi connectivity index (χ3n) is 7.10. The summed E-state index contributed by atoms with van der Waals surface area (Å²) in [6, 6.07) is 9.80. The summed E-state index contributed by atoms with van der Waals surface area (Å²) in [4.78, 5) is 43.6. The summed E-state index contributed by atoms with van der Waals surface area (Å²) in [5, 5.41) is 0. The van der Waals surface area contributed by atoms with Gasteiger partial charge in [-0.15, -0.1) is 0 Å². The molecular formula is C24H27N3O3. The van der Waals surface area contributed by atoms with Gasteiger partial charge in [0.1, 0.15) is 0 Å². The molecule has 6 heteroatoms. The largest absolute Gasteiger partial charge is 0.337 e. The van der Waals surface area contributed by atoms with Gasteiger partial charge in [-0.05, 0) is 29.9 Å². The first kappa shape index (κ1) is 19.2. The second-order valence-corrected chi connectivity index (χ2v) is 8.74. The number of hydrogen-bond donors (Lipinski definition) is 0. The zero-order valence-corrected chi connectivity index (χ0v) is 17.0. The summed E-state index contributed by atoms with van der Waals surface area (Å²) in [6.45, 7) is 4.01. The van der Waals surface area contributed by atoms with Crippen molar-refractivity contribution in [3.05, 3.63) is 54.1 Å². The maximum absolute atomic E-state index is 12.8. The van der Waals surface area contributed by atoms with Gasteiger partial charge in [0.25, 0.3) is 0 Å². The van der Waals surface area contributed by atoms with Crippen molar-refractivity contribution >= 4 is 23.8 Å². The van der Waals surface area contributed by atoms with Crippen molar-refractivity contribution in [2.75, 3.05) is 39.3 Å². The van der Waals surface area contributed by atoms with Crippen molar-refractivity contribution < 1.29 is 14.4 Å². The lowest BCUT2D eigenvalue weighted by Crippen LogP contribution is -2.50. The Hall–Kier alpha value is -2.73. The first-order valence-corrected chi connectivity index (χ1v) is 10.9. The minimum Gasteiger partial charge on any atom is -0.337 e. The van der Waals surface area contributed by atoms with Gasteiger partial charge in [0.2, 0.25) is 17.7 Å². The first-order chi connectivity index (χ1) is 14.6. The average Bonchev–Trinajstić information content (AvgIpc) is 3.46. The molecule has 2 aliphatic carbocycles. The van der Waals surface area contributed by atoms with Gasteiger partial charge in [0.05, 0.1) is 11.8 Å². The van der Waals surface area contributed by atoms with E-state index in [0.29, 0.717) is 26.2 Å². The second-order valence-electron chi connectivity index (χ2n) is 8.74. The van der Waals surface area contributed by atoms with Crippen molar-refractivity contribution in [1.29, 1.82) is 0 Å². The number of allylic oxidation sites excluding steroid dienone is 2. The van der Waals surface area contributed by atoms with Gasteiger partial charge >= 0.3 is 0 Å². The zero-order chi connectivity index (χ0) is 20.7. The third-order valence-corrected chi connectivity index (χ3v) is 7.10. The van der Waals surface area contributed by atoms with Crippen molar-refractivity contribution in [2.24, 2.45) is 23.7 Å². The highest BCUT2D eigenvalue weighted by Crippen LogP contribution is 2.52. The summed E-state index contributed by atoms with van der Waals surface area (Å²) in [6.07, 6.45) is 8.70. The second kappa shape index (κ2) is 7.84. The number of fused-ring (bicyclic) bond motifs is 5. The molecule has 0 N–H and O–H groups in total. The summed E-state index contributed by atoms with van der Waals surface area (Å²) in [7, 11) is 0. The SMILES string of the molecule is O=C(/C=C/c1ccccc1)N1CCN(CCN2C(=O)[C@@H]3[C@@H](C2=O)[C@H]2C=C[C@@H]3C2)CC1. The molecule has 30 heavy (non-hydrogen) atoms. The Labute approximate surface area is 176 Å². The minimum absolute atomic E-state index is 0.0270. The Kier molecular flexibility index (Phi) is 5.03. The first-order valence-electron chi connectivity index (χ1n) is 10.9. The topological polar surface area (TPSA) is 60.9 Å². The van der Waals surface area contributed by atoms with E-state index < -0.39 is 0 Å². The third kappa shape index (κ3) is 3.39. The van der Waals surface area contributed by atoms with Crippen molar-refractivity contribution in [3.8, 4) is 0 Å². The van der Waals surface area contributed by atoms with E-state index in [-0.39, 0.29) is 41.4 Å². The molecule has 4 aliphatic rings. The highest BCUT2D eigenvalue weighted by Gasteiger charge is 2.59. The van der Waals surface area contributed by atoms with E-state index in [1.807, 2.05) is 41.3 Å². The molecule has 0 radical (unpaired) electrons. The molecule has 0 aromatic heterocycles. The van der Waals surface area contributed by atoms with E-state index in [1.54, 1.807) is 6.08 Å². The number of carbonyl (C=O) groups excluding carboxylic acids is 3. The molecule has 3 fully saturated rings. The number of imide groups is 1. The van der Waals surface area contributed by atoms with Gasteiger partial charge in [-0.25, -0.2) is 0 Å². The summed E-state index contributed by atoms with van der Waals surface area (Å²) < 4.78 is 0. The van der Waals surface area contributed by atoms with Crippen molar-refractivity contribution in [2.45, 2.75) is 6.42 Å². The predicted octanol–water partition coefficient (Wildman–Crippen LogP) is 1.65. The lowest BCUT2D eigenvalue weighted by Gasteiger charge is -2.34. The zero-order valence-electron chi connectivity index (χ0n) is 17.0. The van der Waals surface area contributed by atoms with Crippen LogP contribution in [0, 0.1) is 23.7 Å². The maximum atomic E-state index is 12.8. The predicted molar refractivity (Wildman–Crippen MR) is 113 cm³/mol. The molecule has 2 saturated heterocycles. The standard InChI is InChI=1S/C24H27N3O3/c28-20(9-6-17-4-2-1-3-5-17)26-13-10-25(11-14-26)12-15-27-23(29)21-18-7-8-19(16-18)22(21)24(27)30/h1-9,18-19,21-22H,10-16H2/b9-6+/t18-,19+,21-,22-/m0/s1. The summed E-state index contributed by atoms with van der Waals surface area (Å²) >= 11 is 0. The molecule has 1 saturated carbocycles. The van der Waals surface area contributed by atoms with Crippen LogP contribution in [0.2, 0.25) is 0 Å². The van der Waals surface area contributed by atoms with Crippen LogP contribution in [0.25, 0.3) is 6.08 Å². The normalized spacial score (nSPS) is 30.7. The molecule has 6 nitrogen and oxygen atoms in total. The van der Waals surface area contributed by atoms with Crippen LogP contribution in [0.1, 0.15) is 12.0 Å². The molecule has 2 heterocycles. The molecule has 4 atom stereocenters. The highest BCUT2D eigenvalue weighted by molar-refractivity contribution is 6.06. The Morgan fingerprint density at radius 3 is 2.17 bits per heavy atom. The molecule has 3 amide bonds. The molecular weight excluding hydrogens is 378 g/mol. The van der Waals surface area contributed by atoms with Crippen LogP contribution >= 0.6 is 0 Å². The quantitative estimate of drug-likeness (QED) is 0.425. The fourth-order valence-electron chi connectivity index (χ4n) is 5.45. The number of nitrogens with zero attached hydrogens (tertiary/aromatic N) is 3. The van der Waals surface area contributed by atoms with Gasteiger partial charge in [-0.3, -0.25) is 24.2 Å². The molecule has 5 rings (SSSR count). The van der Waals surface area contributed by atoms with E-state index in [2.05, 4.69) is 17.1 Å². The Bertz CT molecular complexity index is 872. The Morgan fingerprint density at radius 1 is 0.900 bits per heavy atom. The lowest BCUT2D eigenvalue weighted by atomic mass is 9.85. The number of amides is 3. The number of benzene rings is 1. The van der Waals surface area contributed by atoms with E-state index in [0.717, 1.165) is 25.1 Å². The van der Waals surface area contributed by atoms with Crippen LogP contribution in [0.15, 0.2) is 48.6 Å². The van der Waals surface area contributed by atoms with Gasteiger partial charge < -0.3 is 4.90 Å². The fraction of sp³-hybridized carbons (Fsp3) is 0.458. The van der Waals surface area contributed by atoms with Crippen LogP contribution in [-0.4, -0.2) is 71.7 Å². The molecule has 1 aromatic rings. The van der Waals surface area contributed by atoms with Crippen LogP contribution in [0.5, 0.6) is 0 Å². The van der Waals surface area contributed by atoms with Crippen LogP contribution in [0.4, 0.5) is 0 Å². The Balaban J connectivity index is 1.10. The number of carbonyl (C=O) groups is 3. The van der Waals surface area contributed by atoms with Crippen LogP contribution in [-0.2, 0) is 14.4 Å². The van der Waals surface area contributed by atoms with Gasteiger partial charge in [0, 0.05) is 45.3 Å². The van der Waals surface area contributed by atoms with Crippen LogP contribution in [0.3, 0.4) is 0 Å². The van der Waals surface area contributed by atoms with E-state index in [4.69, 9.17) is 0 Å². The van der Waals surface area contributed by atoms with Crippen LogP contribution < -0.4 is 0 Å². The molecule has 0 spiro atoms. The molecule has 156 valence electrons. The average molecular weight is 405 g/mol. The molecule has 2 bridgehead atoms. The summed E-state index contributed by atoms with van der Waals surface area (Å²) in [5.74, 6) is 0.388. The molecule has 0 unspecified atom stereocenters. The number of rotatable bonds is 5. The molecule has 1 aromatic carbocycles. The lowest BCUT2D eigenvalue weighted by molar-refractivity contribution is -0.141. The minimum atomic E-state index is -0.113. The smallest absolute Gasteiger partial charge is 0.246 e.